The van der Waals surface area contributed by atoms with E-state index in [1.54, 1.807) is 18.2 Å². The van der Waals surface area contributed by atoms with E-state index in [4.69, 9.17) is 21.1 Å². The first-order chi connectivity index (χ1) is 11.2. The highest BCUT2D eigenvalue weighted by Crippen LogP contribution is 2.29. The van der Waals surface area contributed by atoms with E-state index in [2.05, 4.69) is 36.7 Å². The summed E-state index contributed by atoms with van der Waals surface area (Å²) < 4.78 is 11.6. The van der Waals surface area contributed by atoms with E-state index >= 15 is 0 Å². The first-order valence-corrected chi connectivity index (χ1v) is 8.73. The minimum atomic E-state index is -0.472. The van der Waals surface area contributed by atoms with Gasteiger partial charge in [0.1, 0.15) is 11.5 Å². The fourth-order valence-corrected chi connectivity index (χ4v) is 2.84. The maximum atomic E-state index is 12.0. The molecule has 3 nitrogen and oxygen atoms in total. The van der Waals surface area contributed by atoms with Crippen molar-refractivity contribution in [1.29, 1.82) is 0 Å². The van der Waals surface area contributed by atoms with Gasteiger partial charge in [-0.2, -0.15) is 0 Å². The highest BCUT2D eigenvalue weighted by atomic mass is 79.9. The number of hydrogen-bond acceptors (Lipinski definition) is 3. The minimum Gasteiger partial charge on any atom is -0.480 e. The van der Waals surface area contributed by atoms with Crippen LogP contribution in [0.15, 0.2) is 40.9 Å². The van der Waals surface area contributed by atoms with E-state index < -0.39 is 5.97 Å². The van der Waals surface area contributed by atoms with Crippen molar-refractivity contribution in [3.63, 3.8) is 0 Å². The second kappa shape index (κ2) is 7.58. The Bertz CT molecular complexity index is 751. The van der Waals surface area contributed by atoms with Crippen LogP contribution in [0.1, 0.15) is 31.9 Å². The van der Waals surface area contributed by atoms with Crippen LogP contribution in [0.3, 0.4) is 0 Å². The number of benzene rings is 2. The van der Waals surface area contributed by atoms with Crippen LogP contribution in [0.25, 0.3) is 0 Å². The molecule has 2 aromatic carbocycles. The number of halogens is 2. The van der Waals surface area contributed by atoms with Gasteiger partial charge >= 0.3 is 5.97 Å². The van der Waals surface area contributed by atoms with Crippen LogP contribution >= 0.6 is 27.5 Å². The van der Waals surface area contributed by atoms with E-state index in [0.29, 0.717) is 16.5 Å². The van der Waals surface area contributed by atoms with Gasteiger partial charge in [-0.05, 0) is 47.7 Å². The molecule has 0 aliphatic heterocycles. The average molecular weight is 412 g/mol. The molecule has 0 N–H and O–H groups in total. The van der Waals surface area contributed by atoms with E-state index in [1.165, 1.54) is 5.56 Å². The Kier molecular flexibility index (Phi) is 5.94. The van der Waals surface area contributed by atoms with Crippen molar-refractivity contribution < 1.29 is 14.3 Å². The standard InChI is InChI=1S/C19H20BrClO3/c1-12-9-13(19(2,3)4)5-7-16(12)24-18(22)11-23-17-8-6-14(20)10-15(17)21/h5-10H,11H2,1-4H3. The molecule has 0 aliphatic carbocycles. The van der Waals surface area contributed by atoms with Gasteiger partial charge in [0.05, 0.1) is 5.02 Å². The first-order valence-electron chi connectivity index (χ1n) is 7.56. The molecule has 0 bridgehead atoms. The second-order valence-corrected chi connectivity index (χ2v) is 7.89. The fraction of sp³-hybridized carbons (Fsp3) is 0.316. The topological polar surface area (TPSA) is 35.5 Å². The van der Waals surface area contributed by atoms with Crippen LogP contribution in [0.5, 0.6) is 11.5 Å². The average Bonchev–Trinajstić information content (AvgIpc) is 2.47. The highest BCUT2D eigenvalue weighted by Gasteiger charge is 2.16. The Labute approximate surface area is 156 Å². The quantitative estimate of drug-likeness (QED) is 0.479. The number of rotatable bonds is 4. The van der Waals surface area contributed by atoms with Crippen LogP contribution in [-0.2, 0) is 10.2 Å². The van der Waals surface area contributed by atoms with Crippen LogP contribution in [-0.4, -0.2) is 12.6 Å². The number of aryl methyl sites for hydroxylation is 1. The smallest absolute Gasteiger partial charge is 0.349 e. The lowest BCUT2D eigenvalue weighted by Crippen LogP contribution is -2.18. The van der Waals surface area contributed by atoms with Gasteiger partial charge in [0.15, 0.2) is 6.61 Å². The zero-order chi connectivity index (χ0) is 17.9. The normalized spacial score (nSPS) is 11.2. The maximum Gasteiger partial charge on any atom is 0.349 e. The molecule has 0 unspecified atom stereocenters. The molecule has 0 fully saturated rings. The van der Waals surface area contributed by atoms with Crippen molar-refractivity contribution in [1.82, 2.24) is 0 Å². The third-order valence-electron chi connectivity index (χ3n) is 3.50. The molecule has 0 saturated heterocycles. The highest BCUT2D eigenvalue weighted by molar-refractivity contribution is 9.10. The molecule has 0 amide bonds. The van der Waals surface area contributed by atoms with E-state index in [1.807, 2.05) is 25.1 Å². The molecule has 24 heavy (non-hydrogen) atoms. The van der Waals surface area contributed by atoms with Gasteiger partial charge in [-0.1, -0.05) is 60.4 Å². The third kappa shape index (κ3) is 4.99. The van der Waals surface area contributed by atoms with Gasteiger partial charge in [0, 0.05) is 4.47 Å². The van der Waals surface area contributed by atoms with Crippen molar-refractivity contribution in [2.75, 3.05) is 6.61 Å². The Morgan fingerprint density at radius 1 is 1.12 bits per heavy atom. The first kappa shape index (κ1) is 18.8. The summed E-state index contributed by atoms with van der Waals surface area (Å²) in [6, 6.07) is 11.0. The molecule has 0 aromatic heterocycles. The summed E-state index contributed by atoms with van der Waals surface area (Å²) in [5, 5.41) is 0.433. The second-order valence-electron chi connectivity index (χ2n) is 6.57. The molecule has 0 heterocycles. The minimum absolute atomic E-state index is 0.0503. The van der Waals surface area contributed by atoms with Gasteiger partial charge in [-0.3, -0.25) is 0 Å². The zero-order valence-corrected chi connectivity index (χ0v) is 16.5. The predicted octanol–water partition coefficient (Wildman–Crippen LogP) is 5.69. The number of carbonyl (C=O) groups excluding carboxylic acids is 1. The summed E-state index contributed by atoms with van der Waals surface area (Å²) in [6.07, 6.45) is 0. The molecule has 0 spiro atoms. The molecule has 5 heteroatoms. The monoisotopic (exact) mass is 410 g/mol. The number of hydrogen-bond donors (Lipinski definition) is 0. The van der Waals surface area contributed by atoms with Gasteiger partial charge in [0.25, 0.3) is 0 Å². The molecule has 0 radical (unpaired) electrons. The van der Waals surface area contributed by atoms with Gasteiger partial charge in [-0.15, -0.1) is 0 Å². The summed E-state index contributed by atoms with van der Waals surface area (Å²) in [4.78, 5) is 12.0. The molecule has 2 rings (SSSR count). The Balaban J connectivity index is 2.00. The fourth-order valence-electron chi connectivity index (χ4n) is 2.11. The largest absolute Gasteiger partial charge is 0.480 e. The summed E-state index contributed by atoms with van der Waals surface area (Å²) in [7, 11) is 0. The molecule has 0 aliphatic rings. The van der Waals surface area contributed by atoms with E-state index in [9.17, 15) is 4.79 Å². The lowest BCUT2D eigenvalue weighted by Gasteiger charge is -2.20. The molecule has 0 saturated carbocycles. The van der Waals surface area contributed by atoms with Crippen molar-refractivity contribution >= 4 is 33.5 Å². The van der Waals surface area contributed by atoms with Crippen molar-refractivity contribution in [3.8, 4) is 11.5 Å². The number of carbonyl (C=O) groups is 1. The predicted molar refractivity (Wildman–Crippen MR) is 100 cm³/mol. The van der Waals surface area contributed by atoms with Crippen molar-refractivity contribution in [2.45, 2.75) is 33.1 Å². The summed E-state index contributed by atoms with van der Waals surface area (Å²) in [6.45, 7) is 8.14. The van der Waals surface area contributed by atoms with Gasteiger partial charge in [0.2, 0.25) is 0 Å². The van der Waals surface area contributed by atoms with E-state index in [0.717, 1.165) is 10.0 Å². The SMILES string of the molecule is Cc1cc(C(C)(C)C)ccc1OC(=O)COc1ccc(Br)cc1Cl. The van der Waals surface area contributed by atoms with Crippen LogP contribution < -0.4 is 9.47 Å². The number of esters is 1. The lowest BCUT2D eigenvalue weighted by molar-refractivity contribution is -0.136. The van der Waals surface area contributed by atoms with Crippen LogP contribution in [0, 0.1) is 6.92 Å². The maximum absolute atomic E-state index is 12.0. The van der Waals surface area contributed by atoms with Gasteiger partial charge < -0.3 is 9.47 Å². The molecule has 128 valence electrons. The molecule has 0 atom stereocenters. The number of ether oxygens (including phenoxy) is 2. The lowest BCUT2D eigenvalue weighted by atomic mass is 9.86. The Morgan fingerprint density at radius 2 is 1.79 bits per heavy atom. The van der Waals surface area contributed by atoms with Gasteiger partial charge in [-0.25, -0.2) is 4.79 Å². The van der Waals surface area contributed by atoms with Crippen molar-refractivity contribution in [3.05, 3.63) is 57.0 Å². The van der Waals surface area contributed by atoms with E-state index in [-0.39, 0.29) is 12.0 Å². The van der Waals surface area contributed by atoms with Crippen molar-refractivity contribution in [2.24, 2.45) is 0 Å². The molecular weight excluding hydrogens is 392 g/mol. The van der Waals surface area contributed by atoms with Crippen LogP contribution in [0.4, 0.5) is 0 Å². The summed E-state index contributed by atoms with van der Waals surface area (Å²) in [5.41, 5.74) is 2.16. The Hall–Kier alpha value is -1.52. The summed E-state index contributed by atoms with van der Waals surface area (Å²) >= 11 is 9.37. The summed E-state index contributed by atoms with van der Waals surface area (Å²) in [5.74, 6) is 0.510. The Morgan fingerprint density at radius 3 is 2.38 bits per heavy atom. The molecular formula is C19H20BrClO3. The third-order valence-corrected chi connectivity index (χ3v) is 4.29. The van der Waals surface area contributed by atoms with Crippen LogP contribution in [0.2, 0.25) is 5.02 Å². The zero-order valence-electron chi connectivity index (χ0n) is 14.2. The molecule has 2 aromatic rings.